The number of hydrogen-bond donors (Lipinski definition) is 1. The van der Waals surface area contributed by atoms with E-state index >= 15 is 0 Å². The van der Waals surface area contributed by atoms with Crippen molar-refractivity contribution in [1.82, 2.24) is 4.98 Å². The minimum atomic E-state index is -0.522. The van der Waals surface area contributed by atoms with Gasteiger partial charge in [-0.25, -0.2) is 4.39 Å². The second kappa shape index (κ2) is 5.11. The molecule has 0 fully saturated rings. The van der Waals surface area contributed by atoms with Crippen molar-refractivity contribution in [2.75, 3.05) is 11.4 Å². The molecular weight excluding hydrogens is 335 g/mol. The van der Waals surface area contributed by atoms with Crippen LogP contribution in [0.2, 0.25) is 0 Å². The Morgan fingerprint density at radius 2 is 1.95 bits per heavy atom. The summed E-state index contributed by atoms with van der Waals surface area (Å²) in [4.78, 5) is 10.5. The summed E-state index contributed by atoms with van der Waals surface area (Å²) < 4.78 is 14.1. The molecule has 4 nitrogen and oxygen atoms in total. The van der Waals surface area contributed by atoms with Crippen molar-refractivity contribution in [1.29, 1.82) is 0 Å². The van der Waals surface area contributed by atoms with Gasteiger partial charge >= 0.3 is 0 Å². The lowest BCUT2D eigenvalue weighted by molar-refractivity contribution is 0.511. The van der Waals surface area contributed by atoms with Crippen LogP contribution in [0.4, 0.5) is 10.1 Å². The fraction of sp³-hybridized carbons (Fsp3) is 0.200. The summed E-state index contributed by atoms with van der Waals surface area (Å²) in [5, 5.41) is 0. The highest BCUT2D eigenvalue weighted by molar-refractivity contribution is 9.10. The molecule has 1 atom stereocenters. The zero-order chi connectivity index (χ0) is 15.0. The number of guanidine groups is 1. The van der Waals surface area contributed by atoms with Crippen molar-refractivity contribution in [2.24, 2.45) is 10.7 Å². The molecule has 2 aromatic rings. The average molecular weight is 349 g/mol. The molecule has 0 aliphatic carbocycles. The summed E-state index contributed by atoms with van der Waals surface area (Å²) >= 11 is 3.42. The van der Waals surface area contributed by atoms with Crippen molar-refractivity contribution in [3.8, 4) is 0 Å². The van der Waals surface area contributed by atoms with Crippen LogP contribution in [0.1, 0.15) is 12.6 Å². The van der Waals surface area contributed by atoms with E-state index in [4.69, 9.17) is 5.73 Å². The first-order valence-electron chi connectivity index (χ1n) is 6.48. The fourth-order valence-electron chi connectivity index (χ4n) is 2.53. The quantitative estimate of drug-likeness (QED) is 0.907. The average Bonchev–Trinajstić information content (AvgIpc) is 2.78. The number of anilines is 1. The number of halogens is 2. The topological polar surface area (TPSA) is 54.5 Å². The molecule has 1 aliphatic rings. The van der Waals surface area contributed by atoms with Crippen LogP contribution in [0.5, 0.6) is 0 Å². The van der Waals surface area contributed by atoms with E-state index in [1.165, 1.54) is 12.3 Å². The number of pyridine rings is 1. The number of rotatable bonds is 2. The van der Waals surface area contributed by atoms with Crippen LogP contribution in [-0.2, 0) is 5.54 Å². The zero-order valence-corrected chi connectivity index (χ0v) is 13.0. The van der Waals surface area contributed by atoms with Crippen LogP contribution in [0.3, 0.4) is 0 Å². The summed E-state index contributed by atoms with van der Waals surface area (Å²) in [5.74, 6) is 0.0791. The molecule has 0 spiro atoms. The first-order chi connectivity index (χ1) is 10.0. The number of benzene rings is 1. The van der Waals surface area contributed by atoms with Crippen LogP contribution in [0.15, 0.2) is 52.1 Å². The van der Waals surface area contributed by atoms with Crippen LogP contribution in [0.25, 0.3) is 0 Å². The predicted octanol–water partition coefficient (Wildman–Crippen LogP) is 3.03. The molecule has 108 valence electrons. The predicted molar refractivity (Wildman–Crippen MR) is 84.7 cm³/mol. The Hall–Kier alpha value is -1.95. The molecule has 0 bridgehead atoms. The lowest BCUT2D eigenvalue weighted by Crippen LogP contribution is -2.48. The third-order valence-electron chi connectivity index (χ3n) is 3.64. The van der Waals surface area contributed by atoms with Gasteiger partial charge in [-0.15, -0.1) is 0 Å². The van der Waals surface area contributed by atoms with Crippen molar-refractivity contribution in [3.63, 3.8) is 0 Å². The molecule has 1 unspecified atom stereocenters. The zero-order valence-electron chi connectivity index (χ0n) is 11.4. The first kappa shape index (κ1) is 14.0. The SMILES string of the molecule is CC1(c2ccc(F)cn2)CN=C(N)N1c1ccc(Br)cc1. The van der Waals surface area contributed by atoms with Gasteiger partial charge < -0.3 is 5.73 Å². The number of nitrogens with zero attached hydrogens (tertiary/aromatic N) is 3. The Kier molecular flexibility index (Phi) is 3.41. The van der Waals surface area contributed by atoms with E-state index in [1.54, 1.807) is 6.07 Å². The van der Waals surface area contributed by atoms with E-state index < -0.39 is 5.54 Å². The number of nitrogens with two attached hydrogens (primary N) is 1. The van der Waals surface area contributed by atoms with Crippen LogP contribution < -0.4 is 10.6 Å². The number of aliphatic imine (C=N–C) groups is 1. The van der Waals surface area contributed by atoms with E-state index in [0.717, 1.165) is 15.9 Å². The van der Waals surface area contributed by atoms with Crippen molar-refractivity contribution in [2.45, 2.75) is 12.5 Å². The van der Waals surface area contributed by atoms with Gasteiger partial charge in [-0.05, 0) is 43.3 Å². The Bertz CT molecular complexity index is 684. The molecule has 21 heavy (non-hydrogen) atoms. The van der Waals surface area contributed by atoms with Crippen LogP contribution >= 0.6 is 15.9 Å². The van der Waals surface area contributed by atoms with Crippen molar-refractivity contribution < 1.29 is 4.39 Å². The molecular formula is C15H14BrFN4. The Morgan fingerprint density at radius 3 is 2.57 bits per heavy atom. The van der Waals surface area contributed by atoms with E-state index in [1.807, 2.05) is 36.1 Å². The van der Waals surface area contributed by atoms with Gasteiger partial charge in [0.25, 0.3) is 0 Å². The van der Waals surface area contributed by atoms with Crippen molar-refractivity contribution in [3.05, 3.63) is 58.6 Å². The summed E-state index contributed by atoms with van der Waals surface area (Å²) in [6.45, 7) is 2.48. The molecule has 0 amide bonds. The van der Waals surface area contributed by atoms with Crippen molar-refractivity contribution >= 4 is 27.6 Å². The normalized spacial score (nSPS) is 21.5. The Morgan fingerprint density at radius 1 is 1.24 bits per heavy atom. The molecule has 1 aromatic carbocycles. The molecule has 2 heterocycles. The maximum absolute atomic E-state index is 13.1. The van der Waals surface area contributed by atoms with Gasteiger partial charge in [-0.2, -0.15) is 0 Å². The van der Waals surface area contributed by atoms with Gasteiger partial charge in [0.05, 0.1) is 18.4 Å². The maximum Gasteiger partial charge on any atom is 0.196 e. The van der Waals surface area contributed by atoms with Crippen LogP contribution in [-0.4, -0.2) is 17.5 Å². The highest BCUT2D eigenvalue weighted by atomic mass is 79.9. The lowest BCUT2D eigenvalue weighted by Gasteiger charge is -2.35. The van der Waals surface area contributed by atoms with E-state index in [2.05, 4.69) is 25.9 Å². The summed E-state index contributed by atoms with van der Waals surface area (Å²) in [6.07, 6.45) is 1.22. The first-order valence-corrected chi connectivity index (χ1v) is 7.28. The lowest BCUT2D eigenvalue weighted by atomic mass is 9.95. The number of hydrogen-bond acceptors (Lipinski definition) is 4. The third kappa shape index (κ3) is 2.40. The van der Waals surface area contributed by atoms with E-state index in [-0.39, 0.29) is 5.82 Å². The molecule has 0 saturated carbocycles. The smallest absolute Gasteiger partial charge is 0.196 e. The third-order valence-corrected chi connectivity index (χ3v) is 4.16. The second-order valence-corrected chi connectivity index (χ2v) is 6.04. The minimum absolute atomic E-state index is 0.357. The molecule has 2 N–H and O–H groups in total. The van der Waals surface area contributed by atoms with E-state index in [9.17, 15) is 4.39 Å². The largest absolute Gasteiger partial charge is 0.369 e. The monoisotopic (exact) mass is 348 g/mol. The standard InChI is InChI=1S/C15H14BrFN4/c1-15(13-7-4-11(17)8-19-13)9-20-14(18)21(15)12-5-2-10(16)3-6-12/h2-8H,9H2,1H3,(H2,18,20). The fourth-order valence-corrected chi connectivity index (χ4v) is 2.79. The molecule has 1 aliphatic heterocycles. The molecule has 0 radical (unpaired) electrons. The van der Waals surface area contributed by atoms with Gasteiger partial charge in [-0.3, -0.25) is 14.9 Å². The van der Waals surface area contributed by atoms with Crippen LogP contribution in [0, 0.1) is 5.82 Å². The molecule has 0 saturated heterocycles. The number of aromatic nitrogens is 1. The highest BCUT2D eigenvalue weighted by Crippen LogP contribution is 2.36. The highest BCUT2D eigenvalue weighted by Gasteiger charge is 2.41. The van der Waals surface area contributed by atoms with E-state index in [0.29, 0.717) is 12.5 Å². The maximum atomic E-state index is 13.1. The Balaban J connectivity index is 2.05. The summed E-state index contributed by atoms with van der Waals surface area (Å²) in [7, 11) is 0. The summed E-state index contributed by atoms with van der Waals surface area (Å²) in [6, 6.07) is 10.9. The Labute approximate surface area is 130 Å². The molecule has 3 rings (SSSR count). The summed E-state index contributed by atoms with van der Waals surface area (Å²) in [5.41, 5.74) is 7.19. The second-order valence-electron chi connectivity index (χ2n) is 5.12. The van der Waals surface area contributed by atoms with Gasteiger partial charge in [-0.1, -0.05) is 15.9 Å². The van der Waals surface area contributed by atoms with Gasteiger partial charge in [0, 0.05) is 10.2 Å². The van der Waals surface area contributed by atoms with Gasteiger partial charge in [0.2, 0.25) is 0 Å². The van der Waals surface area contributed by atoms with Gasteiger partial charge in [0.1, 0.15) is 11.4 Å². The molecule has 6 heteroatoms. The van der Waals surface area contributed by atoms with Gasteiger partial charge in [0.15, 0.2) is 5.96 Å². The minimum Gasteiger partial charge on any atom is -0.369 e. The molecule has 1 aromatic heterocycles.